The van der Waals surface area contributed by atoms with Crippen molar-refractivity contribution in [1.29, 1.82) is 0 Å². The van der Waals surface area contributed by atoms with Gasteiger partial charge < -0.3 is 19.4 Å². The number of halogens is 5. The quantitative estimate of drug-likeness (QED) is 0.505. The number of fused-ring (bicyclic) bond motifs is 1. The molecule has 6 nitrogen and oxygen atoms in total. The topological polar surface area (TPSA) is 60.0 Å². The molecule has 2 aromatic rings. The Labute approximate surface area is 193 Å². The van der Waals surface area contributed by atoms with Crippen molar-refractivity contribution in [2.45, 2.75) is 51.7 Å². The van der Waals surface area contributed by atoms with Crippen LogP contribution in [0.5, 0.6) is 5.75 Å². The van der Waals surface area contributed by atoms with Gasteiger partial charge in [-0.05, 0) is 52.3 Å². The molecule has 0 bridgehead atoms. The Morgan fingerprint density at radius 2 is 1.74 bits per heavy atom. The minimum Gasteiger partial charge on any atom is -0.406 e. The Morgan fingerprint density at radius 1 is 1.09 bits per heavy atom. The highest BCUT2D eigenvalue weighted by atomic mass is 19.4. The summed E-state index contributed by atoms with van der Waals surface area (Å²) in [7, 11) is -0.927. The van der Waals surface area contributed by atoms with Crippen LogP contribution in [-0.2, 0) is 15.7 Å². The van der Waals surface area contributed by atoms with Gasteiger partial charge in [0, 0.05) is 23.6 Å². The maximum absolute atomic E-state index is 15.4. The van der Waals surface area contributed by atoms with Crippen LogP contribution in [0.1, 0.15) is 33.3 Å². The van der Waals surface area contributed by atoms with E-state index in [9.17, 15) is 22.4 Å². The largest absolute Gasteiger partial charge is 0.573 e. The van der Waals surface area contributed by atoms with E-state index in [4.69, 9.17) is 9.31 Å². The van der Waals surface area contributed by atoms with Gasteiger partial charge in [-0.1, -0.05) is 6.07 Å². The van der Waals surface area contributed by atoms with Crippen molar-refractivity contribution >= 4 is 30.0 Å². The monoisotopic (exact) mass is 484 g/mol. The average Bonchev–Trinajstić information content (AvgIpc) is 3.22. The highest BCUT2D eigenvalue weighted by molar-refractivity contribution is 6.62. The van der Waals surface area contributed by atoms with Crippen LogP contribution < -0.4 is 20.4 Å². The van der Waals surface area contributed by atoms with Crippen molar-refractivity contribution in [1.82, 2.24) is 0 Å². The molecule has 182 valence electrons. The number of amides is 2. The number of hydrogen-bond acceptors (Lipinski definition) is 4. The van der Waals surface area contributed by atoms with Crippen LogP contribution in [0.2, 0.25) is 0 Å². The number of nitrogens with zero attached hydrogens (tertiary/aromatic N) is 1. The summed E-state index contributed by atoms with van der Waals surface area (Å²) in [5.41, 5.74) is -1.11. The SMILES string of the molecule is CC1(C)OB(c2ccc3c(c2F)CCN3C(=O)Nc2cc(OC(F)(F)F)ccc2F)OC1(C)C. The number of benzene rings is 2. The summed E-state index contributed by atoms with van der Waals surface area (Å²) in [4.78, 5) is 13.9. The first-order chi connectivity index (χ1) is 15.7. The molecule has 0 spiro atoms. The molecular formula is C22H22BF5N2O4. The Bertz CT molecular complexity index is 1120. The van der Waals surface area contributed by atoms with Gasteiger partial charge in [-0.2, -0.15) is 0 Å². The first-order valence-electron chi connectivity index (χ1n) is 10.5. The molecule has 2 aliphatic heterocycles. The lowest BCUT2D eigenvalue weighted by atomic mass is 9.77. The second-order valence-electron chi connectivity index (χ2n) is 9.08. The van der Waals surface area contributed by atoms with Crippen molar-refractivity contribution in [3.05, 3.63) is 47.5 Å². The smallest absolute Gasteiger partial charge is 0.406 e. The average molecular weight is 484 g/mol. The van der Waals surface area contributed by atoms with E-state index < -0.39 is 53.8 Å². The fourth-order valence-corrected chi connectivity index (χ4v) is 3.81. The van der Waals surface area contributed by atoms with Crippen molar-refractivity contribution in [3.63, 3.8) is 0 Å². The zero-order chi connectivity index (χ0) is 25.1. The van der Waals surface area contributed by atoms with E-state index in [-0.39, 0.29) is 29.7 Å². The molecule has 2 aliphatic rings. The van der Waals surface area contributed by atoms with Gasteiger partial charge in [0.25, 0.3) is 0 Å². The minimum absolute atomic E-state index is 0.0886. The number of ether oxygens (including phenoxy) is 1. The number of anilines is 2. The Hall–Kier alpha value is -2.86. The first kappa shape index (κ1) is 24.3. The van der Waals surface area contributed by atoms with E-state index in [0.29, 0.717) is 0 Å². The molecule has 2 amide bonds. The van der Waals surface area contributed by atoms with Crippen LogP contribution in [0.4, 0.5) is 38.1 Å². The summed E-state index contributed by atoms with van der Waals surface area (Å²) in [6.07, 6.45) is -4.79. The van der Waals surface area contributed by atoms with Crippen LogP contribution in [0.25, 0.3) is 0 Å². The summed E-state index contributed by atoms with van der Waals surface area (Å²) in [6, 6.07) is 4.41. The van der Waals surface area contributed by atoms with Gasteiger partial charge >= 0.3 is 19.5 Å². The molecule has 1 N–H and O–H groups in total. The normalized spacial score (nSPS) is 18.7. The third-order valence-electron chi connectivity index (χ3n) is 6.29. The fourth-order valence-electron chi connectivity index (χ4n) is 3.81. The number of carbonyl (C=O) groups is 1. The predicted molar refractivity (Wildman–Crippen MR) is 115 cm³/mol. The zero-order valence-corrected chi connectivity index (χ0v) is 18.8. The molecule has 2 aromatic carbocycles. The Kier molecular flexibility index (Phi) is 5.80. The molecule has 0 unspecified atom stereocenters. The van der Waals surface area contributed by atoms with Crippen LogP contribution in [0.3, 0.4) is 0 Å². The minimum atomic E-state index is -4.97. The van der Waals surface area contributed by atoms with Gasteiger partial charge in [0.05, 0.1) is 22.6 Å². The third kappa shape index (κ3) is 4.44. The summed E-state index contributed by atoms with van der Waals surface area (Å²) in [5.74, 6) is -2.22. The van der Waals surface area contributed by atoms with Crippen LogP contribution >= 0.6 is 0 Å². The van der Waals surface area contributed by atoms with Crippen LogP contribution in [-0.4, -0.2) is 37.3 Å². The molecule has 34 heavy (non-hydrogen) atoms. The van der Waals surface area contributed by atoms with Crippen molar-refractivity contribution in [3.8, 4) is 5.75 Å². The van der Waals surface area contributed by atoms with Crippen molar-refractivity contribution in [2.24, 2.45) is 0 Å². The summed E-state index contributed by atoms with van der Waals surface area (Å²) < 4.78 is 82.4. The highest BCUT2D eigenvalue weighted by Crippen LogP contribution is 2.38. The van der Waals surface area contributed by atoms with Gasteiger partial charge in [-0.15, -0.1) is 13.2 Å². The molecule has 12 heteroatoms. The maximum atomic E-state index is 15.4. The van der Waals surface area contributed by atoms with Crippen LogP contribution in [0, 0.1) is 11.6 Å². The Morgan fingerprint density at radius 3 is 2.35 bits per heavy atom. The number of alkyl halides is 3. The number of rotatable bonds is 3. The lowest BCUT2D eigenvalue weighted by molar-refractivity contribution is -0.274. The number of nitrogens with one attached hydrogen (secondary N) is 1. The second kappa shape index (κ2) is 8.12. The molecule has 0 saturated carbocycles. The van der Waals surface area contributed by atoms with E-state index in [1.807, 2.05) is 27.7 Å². The zero-order valence-electron chi connectivity index (χ0n) is 18.8. The molecule has 2 heterocycles. The number of carbonyl (C=O) groups excluding carboxylic acids is 1. The predicted octanol–water partition coefficient (Wildman–Crippen LogP) is 4.76. The number of hydrogen-bond donors (Lipinski definition) is 1. The van der Waals surface area contributed by atoms with Crippen molar-refractivity contribution in [2.75, 3.05) is 16.8 Å². The second-order valence-corrected chi connectivity index (χ2v) is 9.08. The van der Waals surface area contributed by atoms with Gasteiger partial charge in [0.2, 0.25) is 0 Å². The van der Waals surface area contributed by atoms with Crippen LogP contribution in [0.15, 0.2) is 30.3 Å². The lowest BCUT2D eigenvalue weighted by Gasteiger charge is -2.32. The highest BCUT2D eigenvalue weighted by Gasteiger charge is 2.52. The van der Waals surface area contributed by atoms with E-state index >= 15 is 4.39 Å². The molecule has 0 atom stereocenters. The third-order valence-corrected chi connectivity index (χ3v) is 6.29. The Balaban J connectivity index is 1.55. The molecule has 0 aromatic heterocycles. The molecule has 0 radical (unpaired) electrons. The molecule has 1 saturated heterocycles. The fraction of sp³-hybridized carbons (Fsp3) is 0.409. The molecular weight excluding hydrogens is 462 g/mol. The molecule has 0 aliphatic carbocycles. The van der Waals surface area contributed by atoms with E-state index in [0.717, 1.165) is 18.2 Å². The molecule has 4 rings (SSSR count). The maximum Gasteiger partial charge on any atom is 0.573 e. The van der Waals surface area contributed by atoms with Gasteiger partial charge in [0.1, 0.15) is 17.4 Å². The van der Waals surface area contributed by atoms with Gasteiger partial charge in [-0.25, -0.2) is 13.6 Å². The summed E-state index contributed by atoms with van der Waals surface area (Å²) >= 11 is 0. The molecule has 1 fully saturated rings. The number of urea groups is 1. The summed E-state index contributed by atoms with van der Waals surface area (Å²) in [6.45, 7) is 7.47. The summed E-state index contributed by atoms with van der Waals surface area (Å²) in [5, 5.41) is 2.22. The van der Waals surface area contributed by atoms with E-state index in [1.54, 1.807) is 0 Å². The first-order valence-corrected chi connectivity index (χ1v) is 10.5. The van der Waals surface area contributed by atoms with Gasteiger partial charge in [0.15, 0.2) is 0 Å². The van der Waals surface area contributed by atoms with E-state index in [1.165, 1.54) is 17.0 Å². The van der Waals surface area contributed by atoms with Gasteiger partial charge in [-0.3, -0.25) is 4.90 Å². The van der Waals surface area contributed by atoms with Crippen molar-refractivity contribution < 1.29 is 40.8 Å². The standard InChI is InChI=1S/C22H22BF5N2O4/c1-20(2)21(3,4)34-23(33-20)14-6-8-17-13(18(14)25)9-10-30(17)19(31)29-16-11-12(5-7-15(16)24)32-22(26,27)28/h5-8,11H,9-10H2,1-4H3,(H,29,31). The van der Waals surface area contributed by atoms with E-state index in [2.05, 4.69) is 10.1 Å². The lowest BCUT2D eigenvalue weighted by Crippen LogP contribution is -2.41.